The molecule has 0 unspecified atom stereocenters. The van der Waals surface area contributed by atoms with Crippen LogP contribution in [0.3, 0.4) is 0 Å². The van der Waals surface area contributed by atoms with E-state index in [-0.39, 0.29) is 11.4 Å². The van der Waals surface area contributed by atoms with Crippen LogP contribution in [-0.2, 0) is 0 Å². The summed E-state index contributed by atoms with van der Waals surface area (Å²) in [6, 6.07) is 4.89. The van der Waals surface area contributed by atoms with Gasteiger partial charge in [-0.3, -0.25) is 4.40 Å². The lowest BCUT2D eigenvalue weighted by molar-refractivity contribution is 0.478. The zero-order chi connectivity index (χ0) is 13.7. The van der Waals surface area contributed by atoms with Crippen LogP contribution in [0.5, 0.6) is 5.75 Å². The van der Waals surface area contributed by atoms with Crippen LogP contribution in [0.25, 0.3) is 28.2 Å². The number of hydrogen-bond donors (Lipinski definition) is 3. The summed E-state index contributed by atoms with van der Waals surface area (Å²) in [5.41, 5.74) is 8.68. The van der Waals surface area contributed by atoms with Crippen LogP contribution in [0.2, 0.25) is 0 Å². The van der Waals surface area contributed by atoms with Crippen LogP contribution in [0.15, 0.2) is 30.9 Å². The number of H-pyrrole nitrogens is 1. The monoisotopic (exact) mass is 267 g/mol. The van der Waals surface area contributed by atoms with Gasteiger partial charge in [0.15, 0.2) is 17.1 Å². The van der Waals surface area contributed by atoms with Crippen LogP contribution >= 0.6 is 0 Å². The van der Waals surface area contributed by atoms with E-state index in [1.807, 2.05) is 0 Å². The molecule has 0 spiro atoms. The van der Waals surface area contributed by atoms with Crippen molar-refractivity contribution in [1.29, 1.82) is 0 Å². The highest BCUT2D eigenvalue weighted by Crippen LogP contribution is 2.27. The molecule has 98 valence electrons. The van der Waals surface area contributed by atoms with Crippen molar-refractivity contribution in [3.05, 3.63) is 30.9 Å². The van der Waals surface area contributed by atoms with Gasteiger partial charge in [0.05, 0.1) is 12.0 Å². The number of rotatable bonds is 1. The summed E-state index contributed by atoms with van der Waals surface area (Å²) >= 11 is 0. The van der Waals surface area contributed by atoms with E-state index < -0.39 is 0 Å². The van der Waals surface area contributed by atoms with E-state index in [9.17, 15) is 5.11 Å². The average molecular weight is 267 g/mol. The summed E-state index contributed by atoms with van der Waals surface area (Å²) in [5.74, 6) is 0.632. The van der Waals surface area contributed by atoms with Gasteiger partial charge in [0.25, 0.3) is 0 Å². The number of aromatic nitrogens is 6. The first-order valence-electron chi connectivity index (χ1n) is 5.86. The number of nitrogens with one attached hydrogen (secondary N) is 1. The number of benzene rings is 1. The third kappa shape index (κ3) is 1.35. The van der Waals surface area contributed by atoms with E-state index in [0.717, 1.165) is 11.1 Å². The number of aromatic amines is 1. The van der Waals surface area contributed by atoms with Gasteiger partial charge in [0, 0.05) is 5.56 Å². The Kier molecular flexibility index (Phi) is 1.97. The molecule has 0 saturated heterocycles. The quantitative estimate of drug-likeness (QED) is 0.349. The van der Waals surface area contributed by atoms with Gasteiger partial charge in [-0.1, -0.05) is 0 Å². The van der Waals surface area contributed by atoms with Gasteiger partial charge in [0.1, 0.15) is 17.6 Å². The normalized spacial score (nSPS) is 11.4. The molecule has 4 rings (SSSR count). The van der Waals surface area contributed by atoms with Crippen molar-refractivity contribution >= 4 is 22.5 Å². The molecule has 1 aromatic carbocycles. The Morgan fingerprint density at radius 2 is 2.10 bits per heavy atom. The molecule has 0 saturated carbocycles. The SMILES string of the molecule is Nc1cc(-c2nnc3c4[nH]cnc4ncn23)ccc1O. The largest absolute Gasteiger partial charge is 0.506 e. The second kappa shape index (κ2) is 3.67. The van der Waals surface area contributed by atoms with Crippen molar-refractivity contribution in [3.8, 4) is 17.1 Å². The minimum atomic E-state index is 0.0386. The second-order valence-corrected chi connectivity index (χ2v) is 4.34. The Morgan fingerprint density at radius 1 is 1.20 bits per heavy atom. The zero-order valence-corrected chi connectivity index (χ0v) is 10.1. The number of nitrogens with two attached hydrogens (primary N) is 1. The Hall–Kier alpha value is -3.16. The van der Waals surface area contributed by atoms with Gasteiger partial charge in [-0.15, -0.1) is 10.2 Å². The van der Waals surface area contributed by atoms with E-state index in [1.165, 1.54) is 6.07 Å². The maximum atomic E-state index is 9.47. The summed E-state index contributed by atoms with van der Waals surface area (Å²) in [4.78, 5) is 11.3. The summed E-state index contributed by atoms with van der Waals surface area (Å²) in [6.45, 7) is 0. The zero-order valence-electron chi connectivity index (χ0n) is 10.1. The van der Waals surface area contributed by atoms with E-state index in [2.05, 4.69) is 25.1 Å². The van der Waals surface area contributed by atoms with E-state index in [1.54, 1.807) is 29.2 Å². The molecular weight excluding hydrogens is 258 g/mol. The van der Waals surface area contributed by atoms with Crippen LogP contribution in [0.4, 0.5) is 5.69 Å². The third-order valence-electron chi connectivity index (χ3n) is 3.12. The van der Waals surface area contributed by atoms with Crippen LogP contribution in [0.1, 0.15) is 0 Å². The number of phenols is 1. The molecule has 0 fully saturated rings. The first-order valence-corrected chi connectivity index (χ1v) is 5.86. The number of hydrogen-bond acceptors (Lipinski definition) is 6. The Morgan fingerprint density at radius 3 is 2.95 bits per heavy atom. The Bertz CT molecular complexity index is 939. The van der Waals surface area contributed by atoms with E-state index in [4.69, 9.17) is 5.73 Å². The van der Waals surface area contributed by atoms with Gasteiger partial charge in [0.2, 0.25) is 0 Å². The molecule has 0 aliphatic heterocycles. The fraction of sp³-hybridized carbons (Fsp3) is 0. The fourth-order valence-corrected chi connectivity index (χ4v) is 2.12. The molecule has 0 aliphatic carbocycles. The summed E-state index contributed by atoms with van der Waals surface area (Å²) < 4.78 is 1.74. The molecule has 3 heterocycles. The first kappa shape index (κ1) is 10.7. The van der Waals surface area contributed by atoms with Crippen LogP contribution in [-0.4, -0.2) is 34.7 Å². The molecule has 0 atom stereocenters. The highest BCUT2D eigenvalue weighted by molar-refractivity contribution is 5.85. The lowest BCUT2D eigenvalue weighted by Crippen LogP contribution is -1.93. The number of aromatic hydroxyl groups is 1. The molecule has 4 aromatic rings. The summed E-state index contributed by atoms with van der Waals surface area (Å²) in [6.07, 6.45) is 3.17. The van der Waals surface area contributed by atoms with Gasteiger partial charge < -0.3 is 15.8 Å². The molecule has 8 nitrogen and oxygen atoms in total. The van der Waals surface area contributed by atoms with Gasteiger partial charge in [-0.2, -0.15) is 0 Å². The molecule has 4 N–H and O–H groups in total. The Balaban J connectivity index is 2.02. The van der Waals surface area contributed by atoms with Crippen molar-refractivity contribution in [1.82, 2.24) is 29.5 Å². The van der Waals surface area contributed by atoms with E-state index >= 15 is 0 Å². The maximum Gasteiger partial charge on any atom is 0.190 e. The topological polar surface area (TPSA) is 118 Å². The number of phenolic OH excluding ortho intramolecular Hbond substituents is 1. The molecule has 0 bridgehead atoms. The number of anilines is 1. The third-order valence-corrected chi connectivity index (χ3v) is 3.12. The summed E-state index contributed by atoms with van der Waals surface area (Å²) in [7, 11) is 0. The molecular formula is C12H9N7O. The van der Waals surface area contributed by atoms with Crippen molar-refractivity contribution in [2.45, 2.75) is 0 Å². The van der Waals surface area contributed by atoms with Crippen molar-refractivity contribution in [3.63, 3.8) is 0 Å². The predicted molar refractivity (Wildman–Crippen MR) is 71.9 cm³/mol. The molecule has 3 aromatic heterocycles. The average Bonchev–Trinajstić information content (AvgIpc) is 3.06. The van der Waals surface area contributed by atoms with Crippen LogP contribution < -0.4 is 5.73 Å². The molecule has 0 aliphatic rings. The predicted octanol–water partition coefficient (Wildman–Crippen LogP) is 0.955. The van der Waals surface area contributed by atoms with Crippen LogP contribution in [0, 0.1) is 0 Å². The van der Waals surface area contributed by atoms with Crippen molar-refractivity contribution < 1.29 is 5.11 Å². The molecule has 20 heavy (non-hydrogen) atoms. The molecule has 0 amide bonds. The molecule has 8 heteroatoms. The summed E-state index contributed by atoms with van der Waals surface area (Å²) in [5, 5.41) is 17.8. The number of nitrogens with zero attached hydrogens (tertiary/aromatic N) is 5. The fourth-order valence-electron chi connectivity index (χ4n) is 2.12. The maximum absolute atomic E-state index is 9.47. The smallest absolute Gasteiger partial charge is 0.190 e. The van der Waals surface area contributed by atoms with Gasteiger partial charge in [-0.05, 0) is 18.2 Å². The van der Waals surface area contributed by atoms with E-state index in [0.29, 0.717) is 17.1 Å². The Labute approximate surface area is 111 Å². The minimum Gasteiger partial charge on any atom is -0.506 e. The lowest BCUT2D eigenvalue weighted by Gasteiger charge is -2.02. The molecule has 0 radical (unpaired) electrons. The number of fused-ring (bicyclic) bond motifs is 3. The number of imidazole rings is 1. The van der Waals surface area contributed by atoms with Gasteiger partial charge >= 0.3 is 0 Å². The highest BCUT2D eigenvalue weighted by atomic mass is 16.3. The minimum absolute atomic E-state index is 0.0386. The highest BCUT2D eigenvalue weighted by Gasteiger charge is 2.13. The second-order valence-electron chi connectivity index (χ2n) is 4.34. The lowest BCUT2D eigenvalue weighted by atomic mass is 10.2. The van der Waals surface area contributed by atoms with Gasteiger partial charge in [-0.25, -0.2) is 9.97 Å². The van der Waals surface area contributed by atoms with Crippen molar-refractivity contribution in [2.75, 3.05) is 5.73 Å². The first-order chi connectivity index (χ1) is 9.74. The standard InChI is InChI=1S/C12H9N7O/c13-7-3-6(1-2-8(7)20)11-17-18-12-9-10(15-4-14-9)16-5-19(11)12/h1-5,20H,13H2,(H,14,15). The number of nitrogen functional groups attached to an aromatic ring is 1. The van der Waals surface area contributed by atoms with Crippen molar-refractivity contribution in [2.24, 2.45) is 0 Å².